The monoisotopic (exact) mass is 159 g/mol. The molecule has 0 radical (unpaired) electrons. The molecule has 1 rings (SSSR count). The van der Waals surface area contributed by atoms with Crippen molar-refractivity contribution in [3.63, 3.8) is 0 Å². The molecule has 4 heteroatoms. The molecule has 0 aliphatic rings. The van der Waals surface area contributed by atoms with Crippen LogP contribution in [0.25, 0.3) is 0 Å². The third-order valence-electron chi connectivity index (χ3n) is 1.15. The summed E-state index contributed by atoms with van der Waals surface area (Å²) in [4.78, 5) is 4.53. The first-order chi connectivity index (χ1) is 4.93. The second-order valence-corrected chi connectivity index (χ2v) is 1.87. The number of nitrogens with one attached hydrogen (secondary N) is 1. The highest BCUT2D eigenvalue weighted by Gasteiger charge is 1.87. The molecule has 0 fully saturated rings. The Morgan fingerprint density at radius 1 is 1.27 bits per heavy atom. The minimum Gasteiger partial charge on any atom is -0.292 e. The predicted octanol–water partition coefficient (Wildman–Crippen LogP) is 1.25. The molecule has 1 aromatic carbocycles. The Hall–Kier alpha value is -0.970. The van der Waals surface area contributed by atoms with Gasteiger partial charge in [0.25, 0.3) is 0 Å². The van der Waals surface area contributed by atoms with Crippen LogP contribution in [0.5, 0.6) is 0 Å². The van der Waals surface area contributed by atoms with Gasteiger partial charge < -0.3 is 0 Å². The van der Waals surface area contributed by atoms with Gasteiger partial charge in [-0.25, -0.2) is 0 Å². The summed E-state index contributed by atoms with van der Waals surface area (Å²) in [6.45, 7) is 0.372. The van der Waals surface area contributed by atoms with Crippen LogP contribution >= 0.6 is 0 Å². The Labute approximate surface area is 63.9 Å². The maximum absolute atomic E-state index is 8.06. The van der Waals surface area contributed by atoms with E-state index >= 15 is 0 Å². The minimum atomic E-state index is 0. The molecule has 0 amide bonds. The summed E-state index contributed by atoms with van der Waals surface area (Å²) in [6.07, 6.45) is 0. The normalized spacial score (nSPS) is 8.82. The largest absolute Gasteiger partial charge is 0.292 e. The van der Waals surface area contributed by atoms with Crippen molar-refractivity contribution in [2.75, 3.05) is 0 Å². The Kier molecular flexibility index (Phi) is 5.28. The van der Waals surface area contributed by atoms with E-state index in [0.717, 1.165) is 5.56 Å². The second-order valence-electron chi connectivity index (χ2n) is 1.87. The van der Waals surface area contributed by atoms with Crippen LogP contribution in [0.15, 0.2) is 30.3 Å². The first kappa shape index (κ1) is 10.0. The summed E-state index contributed by atoms with van der Waals surface area (Å²) in [5, 5.41) is 8.06. The zero-order valence-electron chi connectivity index (χ0n) is 5.86. The highest BCUT2D eigenvalue weighted by Crippen LogP contribution is 1.98. The second kappa shape index (κ2) is 5.79. The number of rotatable bonds is 3. The van der Waals surface area contributed by atoms with Crippen LogP contribution in [0, 0.1) is 0 Å². The van der Waals surface area contributed by atoms with Crippen molar-refractivity contribution in [3.05, 3.63) is 35.9 Å². The van der Waals surface area contributed by atoms with Crippen LogP contribution < -0.4 is 5.64 Å². The van der Waals surface area contributed by atoms with Gasteiger partial charge in [0.15, 0.2) is 0 Å². The summed E-state index contributed by atoms with van der Waals surface area (Å²) >= 11 is 0. The fraction of sp³-hybridized carbons (Fsp3) is 0.143. The molecule has 0 aliphatic carbocycles. The average Bonchev–Trinajstić information content (AvgIpc) is 2.03. The fourth-order valence-corrected chi connectivity index (χ4v) is 0.690. The summed E-state index contributed by atoms with van der Waals surface area (Å²) in [5.74, 6) is 0. The van der Waals surface area contributed by atoms with Gasteiger partial charge in [0, 0.05) is 0 Å². The average molecular weight is 159 g/mol. The lowest BCUT2D eigenvalue weighted by Gasteiger charge is -1.98. The summed E-state index contributed by atoms with van der Waals surface area (Å²) in [5.41, 5.74) is 2.63. The van der Waals surface area contributed by atoms with Crippen LogP contribution in [-0.2, 0) is 11.4 Å². The van der Waals surface area contributed by atoms with Crippen molar-refractivity contribution in [2.24, 2.45) is 0 Å². The van der Waals surface area contributed by atoms with E-state index in [9.17, 15) is 0 Å². The zero-order valence-corrected chi connectivity index (χ0v) is 5.86. The molecule has 0 atom stereocenters. The molecule has 0 spiro atoms. The van der Waals surface area contributed by atoms with E-state index in [2.05, 4.69) is 4.84 Å². The Morgan fingerprint density at radius 2 is 1.91 bits per heavy atom. The van der Waals surface area contributed by atoms with E-state index in [0.29, 0.717) is 6.61 Å². The Balaban J connectivity index is 0.000001000. The van der Waals surface area contributed by atoms with Gasteiger partial charge in [-0.15, -0.1) is 0 Å². The number of benzene rings is 1. The van der Waals surface area contributed by atoms with E-state index in [1.807, 2.05) is 30.3 Å². The third kappa shape index (κ3) is 3.67. The number of halogens is 1. The SMILES string of the molecule is F.ONOCc1ccccc1. The van der Waals surface area contributed by atoms with Crippen LogP contribution in [0.1, 0.15) is 5.56 Å². The lowest BCUT2D eigenvalue weighted by atomic mass is 10.2. The molecule has 62 valence electrons. The van der Waals surface area contributed by atoms with Gasteiger partial charge in [0.2, 0.25) is 0 Å². The van der Waals surface area contributed by atoms with Gasteiger partial charge in [-0.2, -0.15) is 0 Å². The van der Waals surface area contributed by atoms with E-state index in [1.54, 1.807) is 5.64 Å². The van der Waals surface area contributed by atoms with Gasteiger partial charge in [-0.3, -0.25) is 14.7 Å². The van der Waals surface area contributed by atoms with Crippen molar-refractivity contribution < 1.29 is 14.7 Å². The van der Waals surface area contributed by atoms with Crippen molar-refractivity contribution in [1.29, 1.82) is 0 Å². The molecule has 1 aromatic rings. The van der Waals surface area contributed by atoms with Crippen molar-refractivity contribution in [1.82, 2.24) is 5.64 Å². The first-order valence-corrected chi connectivity index (χ1v) is 2.98. The lowest BCUT2D eigenvalue weighted by molar-refractivity contribution is -0.135. The molecule has 0 aromatic heterocycles. The van der Waals surface area contributed by atoms with Crippen LogP contribution in [-0.4, -0.2) is 5.21 Å². The number of hydrogen-bond donors (Lipinski definition) is 2. The Morgan fingerprint density at radius 3 is 2.45 bits per heavy atom. The third-order valence-corrected chi connectivity index (χ3v) is 1.15. The molecular formula is C7H10FNO2. The molecular weight excluding hydrogens is 149 g/mol. The molecule has 0 unspecified atom stereocenters. The zero-order chi connectivity index (χ0) is 7.23. The molecule has 0 saturated carbocycles. The van der Waals surface area contributed by atoms with Crippen molar-refractivity contribution in [2.45, 2.75) is 6.61 Å². The molecule has 3 nitrogen and oxygen atoms in total. The number of hydrogen-bond acceptors (Lipinski definition) is 3. The van der Waals surface area contributed by atoms with E-state index in [-0.39, 0.29) is 4.70 Å². The topological polar surface area (TPSA) is 41.5 Å². The van der Waals surface area contributed by atoms with Gasteiger partial charge >= 0.3 is 0 Å². The quantitative estimate of drug-likeness (QED) is 0.652. The lowest BCUT2D eigenvalue weighted by Crippen LogP contribution is -2.07. The molecule has 0 heterocycles. The van der Waals surface area contributed by atoms with Gasteiger partial charge in [0.05, 0.1) is 6.61 Å². The summed E-state index contributed by atoms with van der Waals surface area (Å²) in [6, 6.07) is 9.58. The van der Waals surface area contributed by atoms with Gasteiger partial charge in [-0.05, 0) is 5.56 Å². The first-order valence-electron chi connectivity index (χ1n) is 2.98. The molecule has 2 N–H and O–H groups in total. The molecule has 0 saturated heterocycles. The summed E-state index contributed by atoms with van der Waals surface area (Å²) < 4.78 is 0. The van der Waals surface area contributed by atoms with Gasteiger partial charge in [0.1, 0.15) is 0 Å². The van der Waals surface area contributed by atoms with Crippen LogP contribution in [0.2, 0.25) is 0 Å². The van der Waals surface area contributed by atoms with Crippen LogP contribution in [0.4, 0.5) is 4.70 Å². The summed E-state index contributed by atoms with van der Waals surface area (Å²) in [7, 11) is 0. The maximum Gasteiger partial charge on any atom is 0.0959 e. The smallest absolute Gasteiger partial charge is 0.0959 e. The fourth-order valence-electron chi connectivity index (χ4n) is 0.690. The standard InChI is InChI=1S/C7H9NO2.FH/c9-8-10-6-7-4-2-1-3-5-7;/h1-5,8-9H,6H2;1H. The Bertz CT molecular complexity index is 181. The van der Waals surface area contributed by atoms with Crippen molar-refractivity contribution >= 4 is 0 Å². The van der Waals surface area contributed by atoms with E-state index < -0.39 is 0 Å². The van der Waals surface area contributed by atoms with Crippen LogP contribution in [0.3, 0.4) is 0 Å². The maximum atomic E-state index is 8.06. The predicted molar refractivity (Wildman–Crippen MR) is 38.7 cm³/mol. The highest BCUT2D eigenvalue weighted by molar-refractivity contribution is 5.13. The van der Waals surface area contributed by atoms with Crippen molar-refractivity contribution in [3.8, 4) is 0 Å². The van der Waals surface area contributed by atoms with E-state index in [4.69, 9.17) is 5.21 Å². The molecule has 0 bridgehead atoms. The van der Waals surface area contributed by atoms with E-state index in [1.165, 1.54) is 0 Å². The highest BCUT2D eigenvalue weighted by atomic mass is 19.0. The van der Waals surface area contributed by atoms with Gasteiger partial charge in [-0.1, -0.05) is 36.0 Å². The molecule has 11 heavy (non-hydrogen) atoms. The molecule has 0 aliphatic heterocycles. The minimum absolute atomic E-state index is 0.